The van der Waals surface area contributed by atoms with Crippen LogP contribution in [-0.4, -0.2) is 23.6 Å². The molecule has 0 aliphatic carbocycles. The van der Waals surface area contributed by atoms with E-state index in [0.717, 1.165) is 12.8 Å². The summed E-state index contributed by atoms with van der Waals surface area (Å²) < 4.78 is 5.18. The maximum atomic E-state index is 12.3. The largest absolute Gasteiger partial charge is 0.507 e. The number of phenols is 1. The number of ether oxygens (including phenoxy) is 1. The number of amides is 1. The molecule has 24 heavy (non-hydrogen) atoms. The highest BCUT2D eigenvalue weighted by atomic mass is 35.5. The summed E-state index contributed by atoms with van der Waals surface area (Å²) in [4.78, 5) is 24.5. The number of unbranched alkanes of at least 4 members (excludes halogenated alkanes) is 1. The van der Waals surface area contributed by atoms with E-state index < -0.39 is 11.9 Å². The molecular weight excluding hydrogens is 330 g/mol. The van der Waals surface area contributed by atoms with Gasteiger partial charge in [-0.25, -0.2) is 4.79 Å². The van der Waals surface area contributed by atoms with Crippen molar-refractivity contribution in [2.24, 2.45) is 0 Å². The van der Waals surface area contributed by atoms with Crippen molar-refractivity contribution in [1.82, 2.24) is 0 Å². The number of rotatable bonds is 6. The van der Waals surface area contributed by atoms with Gasteiger partial charge in [0.1, 0.15) is 5.75 Å². The van der Waals surface area contributed by atoms with Crippen LogP contribution in [0.3, 0.4) is 0 Å². The van der Waals surface area contributed by atoms with Crippen LogP contribution < -0.4 is 5.32 Å². The van der Waals surface area contributed by atoms with Crippen LogP contribution in [0.1, 0.15) is 40.5 Å². The lowest BCUT2D eigenvalue weighted by atomic mass is 10.1. The van der Waals surface area contributed by atoms with E-state index in [4.69, 9.17) is 16.3 Å². The Morgan fingerprint density at radius 2 is 1.92 bits per heavy atom. The molecule has 2 aromatic rings. The highest BCUT2D eigenvalue weighted by Gasteiger charge is 2.17. The first kappa shape index (κ1) is 17.8. The zero-order valence-electron chi connectivity index (χ0n) is 13.2. The first-order chi connectivity index (χ1) is 11.5. The number of carbonyl (C=O) groups excluding carboxylic acids is 2. The van der Waals surface area contributed by atoms with E-state index in [0.29, 0.717) is 17.3 Å². The van der Waals surface area contributed by atoms with Crippen LogP contribution in [0.2, 0.25) is 5.02 Å². The van der Waals surface area contributed by atoms with Crippen molar-refractivity contribution in [3.8, 4) is 5.75 Å². The van der Waals surface area contributed by atoms with Gasteiger partial charge >= 0.3 is 5.97 Å². The molecule has 0 aliphatic rings. The molecule has 0 atom stereocenters. The minimum atomic E-state index is -0.566. The lowest BCUT2D eigenvalue weighted by molar-refractivity contribution is 0.0501. The predicted octanol–water partition coefficient (Wildman–Crippen LogP) is 4.25. The molecule has 1 amide bonds. The molecule has 2 rings (SSSR count). The third-order valence-electron chi connectivity index (χ3n) is 3.33. The fourth-order valence-electron chi connectivity index (χ4n) is 2.04. The van der Waals surface area contributed by atoms with Gasteiger partial charge in [0, 0.05) is 5.02 Å². The summed E-state index contributed by atoms with van der Waals surface area (Å²) in [5, 5.41) is 12.7. The number of esters is 1. The number of anilines is 1. The van der Waals surface area contributed by atoms with Crippen molar-refractivity contribution in [1.29, 1.82) is 0 Å². The summed E-state index contributed by atoms with van der Waals surface area (Å²) in [6.07, 6.45) is 1.69. The first-order valence-corrected chi connectivity index (χ1v) is 7.96. The molecule has 0 aliphatic heterocycles. The van der Waals surface area contributed by atoms with Crippen molar-refractivity contribution in [2.75, 3.05) is 11.9 Å². The van der Waals surface area contributed by atoms with E-state index in [9.17, 15) is 14.7 Å². The van der Waals surface area contributed by atoms with Gasteiger partial charge in [0.15, 0.2) is 0 Å². The molecule has 0 saturated heterocycles. The number of hydrogen-bond donors (Lipinski definition) is 2. The Kier molecular flexibility index (Phi) is 6.21. The second-order valence-electron chi connectivity index (χ2n) is 5.15. The molecule has 5 nitrogen and oxygen atoms in total. The van der Waals surface area contributed by atoms with Crippen LogP contribution in [0.4, 0.5) is 5.69 Å². The molecule has 0 aromatic heterocycles. The van der Waals surface area contributed by atoms with Crippen LogP contribution >= 0.6 is 11.6 Å². The van der Waals surface area contributed by atoms with Crippen LogP contribution in [0.5, 0.6) is 5.75 Å². The fraction of sp³-hybridized carbons (Fsp3) is 0.222. The molecular formula is C18H18ClNO4. The number of halogens is 1. The number of carbonyl (C=O) groups is 2. The number of phenolic OH excluding ortho intramolecular Hbond substituents is 1. The Morgan fingerprint density at radius 3 is 2.67 bits per heavy atom. The average molecular weight is 348 g/mol. The maximum absolute atomic E-state index is 12.3. The van der Waals surface area contributed by atoms with Gasteiger partial charge in [0.25, 0.3) is 5.91 Å². The summed E-state index contributed by atoms with van der Waals surface area (Å²) in [5.41, 5.74) is 0.587. The summed E-state index contributed by atoms with van der Waals surface area (Å²) in [6, 6.07) is 10.7. The SMILES string of the molecule is CCCCOC(=O)c1ccccc1NC(=O)c1cc(Cl)ccc1O. The van der Waals surface area contributed by atoms with Gasteiger partial charge in [-0.1, -0.05) is 37.1 Å². The lowest BCUT2D eigenvalue weighted by Crippen LogP contribution is -2.16. The second kappa shape index (κ2) is 8.36. The van der Waals surface area contributed by atoms with E-state index >= 15 is 0 Å². The molecule has 6 heteroatoms. The number of nitrogens with one attached hydrogen (secondary N) is 1. The topological polar surface area (TPSA) is 75.6 Å². The highest BCUT2D eigenvalue weighted by Crippen LogP contribution is 2.24. The van der Waals surface area contributed by atoms with E-state index in [1.165, 1.54) is 18.2 Å². The molecule has 2 N–H and O–H groups in total. The normalized spacial score (nSPS) is 10.2. The van der Waals surface area contributed by atoms with Gasteiger partial charge < -0.3 is 15.2 Å². The number of aromatic hydroxyl groups is 1. The van der Waals surface area contributed by atoms with Gasteiger partial charge in [0.05, 0.1) is 23.4 Å². The zero-order chi connectivity index (χ0) is 17.5. The Balaban J connectivity index is 2.19. The standard InChI is InChI=1S/C18H18ClNO4/c1-2-3-10-24-18(23)13-6-4-5-7-15(13)20-17(22)14-11-12(19)8-9-16(14)21/h4-9,11,21H,2-3,10H2,1H3,(H,20,22). The van der Waals surface area contributed by atoms with Gasteiger partial charge in [0.2, 0.25) is 0 Å². The quantitative estimate of drug-likeness (QED) is 0.605. The van der Waals surface area contributed by atoms with Crippen LogP contribution in [0.25, 0.3) is 0 Å². The second-order valence-corrected chi connectivity index (χ2v) is 5.59. The minimum absolute atomic E-state index is 0.0247. The molecule has 0 radical (unpaired) electrons. The van der Waals surface area contributed by atoms with Crippen LogP contribution in [0.15, 0.2) is 42.5 Å². The molecule has 0 heterocycles. The number of hydrogen-bond acceptors (Lipinski definition) is 4. The van der Waals surface area contributed by atoms with Gasteiger partial charge in [-0.2, -0.15) is 0 Å². The van der Waals surface area contributed by atoms with Crippen molar-refractivity contribution in [3.63, 3.8) is 0 Å². The molecule has 0 unspecified atom stereocenters. The third-order valence-corrected chi connectivity index (χ3v) is 3.56. The van der Waals surface area contributed by atoms with Crippen molar-refractivity contribution >= 4 is 29.2 Å². The molecule has 0 bridgehead atoms. The summed E-state index contributed by atoms with van der Waals surface area (Å²) in [7, 11) is 0. The number of para-hydroxylation sites is 1. The summed E-state index contributed by atoms with van der Waals surface area (Å²) >= 11 is 5.85. The van der Waals surface area contributed by atoms with Crippen molar-refractivity contribution in [3.05, 3.63) is 58.6 Å². The smallest absolute Gasteiger partial charge is 0.340 e. The Hall–Kier alpha value is -2.53. The van der Waals surface area contributed by atoms with E-state index in [2.05, 4.69) is 5.32 Å². The average Bonchev–Trinajstić information content (AvgIpc) is 2.57. The fourth-order valence-corrected chi connectivity index (χ4v) is 2.21. The summed E-state index contributed by atoms with van der Waals surface area (Å²) in [6.45, 7) is 2.33. The molecule has 0 fully saturated rings. The van der Waals surface area contributed by atoms with Gasteiger partial charge in [-0.3, -0.25) is 4.79 Å². The number of benzene rings is 2. The van der Waals surface area contributed by atoms with E-state index in [1.54, 1.807) is 24.3 Å². The predicted molar refractivity (Wildman–Crippen MR) is 92.7 cm³/mol. The van der Waals surface area contributed by atoms with Crippen molar-refractivity contribution < 1.29 is 19.4 Å². The van der Waals surface area contributed by atoms with Gasteiger partial charge in [-0.15, -0.1) is 0 Å². The molecule has 0 spiro atoms. The van der Waals surface area contributed by atoms with Crippen molar-refractivity contribution in [2.45, 2.75) is 19.8 Å². The van der Waals surface area contributed by atoms with Crippen LogP contribution in [0, 0.1) is 0 Å². The third kappa shape index (κ3) is 4.49. The monoisotopic (exact) mass is 347 g/mol. The first-order valence-electron chi connectivity index (χ1n) is 7.59. The Morgan fingerprint density at radius 1 is 1.17 bits per heavy atom. The highest BCUT2D eigenvalue weighted by molar-refractivity contribution is 6.31. The van der Waals surface area contributed by atoms with Gasteiger partial charge in [-0.05, 0) is 36.8 Å². The maximum Gasteiger partial charge on any atom is 0.340 e. The summed E-state index contributed by atoms with van der Waals surface area (Å²) in [5.74, 6) is -1.27. The Labute approximate surface area is 145 Å². The minimum Gasteiger partial charge on any atom is -0.507 e. The zero-order valence-corrected chi connectivity index (χ0v) is 14.0. The molecule has 2 aromatic carbocycles. The van der Waals surface area contributed by atoms with E-state index in [1.807, 2.05) is 6.92 Å². The molecule has 126 valence electrons. The lowest BCUT2D eigenvalue weighted by Gasteiger charge is -2.11. The Bertz CT molecular complexity index is 746. The molecule has 0 saturated carbocycles. The van der Waals surface area contributed by atoms with E-state index in [-0.39, 0.29) is 16.9 Å². The van der Waals surface area contributed by atoms with Crippen LogP contribution in [-0.2, 0) is 4.74 Å².